The molecule has 0 aliphatic carbocycles. The van der Waals surface area contributed by atoms with Gasteiger partial charge >= 0.3 is 0 Å². The molecular weight excluding hydrogens is 218 g/mol. The van der Waals surface area contributed by atoms with Gasteiger partial charge in [-0.05, 0) is 22.0 Å². The summed E-state index contributed by atoms with van der Waals surface area (Å²) in [5.41, 5.74) is 7.02. The lowest BCUT2D eigenvalue weighted by molar-refractivity contribution is 0.267. The quantitative estimate of drug-likeness (QED) is 0.738. The molecule has 1 aliphatic heterocycles. The molecule has 0 saturated heterocycles. The van der Waals surface area contributed by atoms with E-state index in [1.54, 1.807) is 0 Å². The van der Waals surface area contributed by atoms with Crippen LogP contribution in [0.4, 0.5) is 0 Å². The Morgan fingerprint density at radius 2 is 2.33 bits per heavy atom. The fourth-order valence-electron chi connectivity index (χ4n) is 1.41. The van der Waals surface area contributed by atoms with Gasteiger partial charge < -0.3 is 10.5 Å². The molecule has 2 N–H and O–H groups in total. The molecule has 0 bridgehead atoms. The zero-order valence-corrected chi connectivity index (χ0v) is 8.17. The first-order valence-electron chi connectivity index (χ1n) is 3.96. The van der Waals surface area contributed by atoms with Gasteiger partial charge in [-0.2, -0.15) is 0 Å². The molecule has 3 heteroatoms. The van der Waals surface area contributed by atoms with Crippen LogP contribution in [0.3, 0.4) is 0 Å². The van der Waals surface area contributed by atoms with Crippen molar-refractivity contribution in [2.24, 2.45) is 5.73 Å². The maximum atomic E-state index is 5.91. The van der Waals surface area contributed by atoms with Gasteiger partial charge in [0.25, 0.3) is 0 Å². The van der Waals surface area contributed by atoms with Crippen LogP contribution >= 0.6 is 15.9 Å². The summed E-state index contributed by atoms with van der Waals surface area (Å²) in [6.07, 6.45) is 0.906. The number of hydrogen-bond donors (Lipinski definition) is 1. The highest BCUT2D eigenvalue weighted by Gasteiger charge is 2.19. The molecule has 64 valence electrons. The third kappa shape index (κ3) is 1.23. The van der Waals surface area contributed by atoms with E-state index in [2.05, 4.69) is 15.9 Å². The van der Waals surface area contributed by atoms with Crippen molar-refractivity contribution in [1.29, 1.82) is 0 Å². The van der Waals surface area contributed by atoms with E-state index < -0.39 is 0 Å². The number of fused-ring (bicyclic) bond motifs is 1. The predicted molar refractivity (Wildman–Crippen MR) is 51.2 cm³/mol. The number of para-hydroxylation sites is 1. The van der Waals surface area contributed by atoms with Crippen molar-refractivity contribution in [3.05, 3.63) is 28.2 Å². The van der Waals surface area contributed by atoms with Crippen LogP contribution in [-0.4, -0.2) is 6.61 Å². The molecule has 0 radical (unpaired) electrons. The fourth-order valence-corrected chi connectivity index (χ4v) is 1.91. The van der Waals surface area contributed by atoms with E-state index >= 15 is 0 Å². The largest absolute Gasteiger partial charge is 0.492 e. The minimum Gasteiger partial charge on any atom is -0.492 e. The van der Waals surface area contributed by atoms with Gasteiger partial charge in [0.2, 0.25) is 0 Å². The van der Waals surface area contributed by atoms with Crippen molar-refractivity contribution >= 4 is 15.9 Å². The average molecular weight is 228 g/mol. The molecule has 0 aromatic heterocycles. The molecule has 1 unspecified atom stereocenters. The Morgan fingerprint density at radius 1 is 1.50 bits per heavy atom. The van der Waals surface area contributed by atoms with Crippen LogP contribution in [0.2, 0.25) is 0 Å². The van der Waals surface area contributed by atoms with Crippen LogP contribution in [0.1, 0.15) is 18.0 Å². The Bertz CT molecular complexity index is 301. The molecule has 2 nitrogen and oxygen atoms in total. The van der Waals surface area contributed by atoms with Crippen molar-refractivity contribution in [2.45, 2.75) is 12.5 Å². The Kier molecular flexibility index (Phi) is 2.07. The maximum Gasteiger partial charge on any atom is 0.138 e. The van der Waals surface area contributed by atoms with E-state index in [0.29, 0.717) is 0 Å². The van der Waals surface area contributed by atoms with Crippen molar-refractivity contribution in [3.8, 4) is 5.75 Å². The summed E-state index contributed by atoms with van der Waals surface area (Å²) >= 11 is 3.43. The van der Waals surface area contributed by atoms with Gasteiger partial charge in [-0.25, -0.2) is 0 Å². The molecule has 1 atom stereocenters. The summed E-state index contributed by atoms with van der Waals surface area (Å²) in [5, 5.41) is 0. The fraction of sp³-hybridized carbons (Fsp3) is 0.333. The average Bonchev–Trinajstić information content (AvgIpc) is 2.07. The summed E-state index contributed by atoms with van der Waals surface area (Å²) in [6, 6.07) is 6.10. The van der Waals surface area contributed by atoms with Crippen molar-refractivity contribution in [1.82, 2.24) is 0 Å². The minimum absolute atomic E-state index is 0.131. The highest BCUT2D eigenvalue weighted by Crippen LogP contribution is 2.36. The van der Waals surface area contributed by atoms with E-state index in [1.807, 2.05) is 18.2 Å². The van der Waals surface area contributed by atoms with E-state index in [1.165, 1.54) is 0 Å². The number of nitrogens with two attached hydrogens (primary N) is 1. The van der Waals surface area contributed by atoms with E-state index in [4.69, 9.17) is 10.5 Å². The summed E-state index contributed by atoms with van der Waals surface area (Å²) in [6.45, 7) is 0.719. The number of halogens is 1. The lowest BCUT2D eigenvalue weighted by atomic mass is 10.0. The molecule has 1 aromatic carbocycles. The van der Waals surface area contributed by atoms with Crippen LogP contribution in [0.5, 0.6) is 5.75 Å². The lowest BCUT2D eigenvalue weighted by Crippen LogP contribution is -2.20. The molecule has 1 aliphatic rings. The van der Waals surface area contributed by atoms with Crippen LogP contribution in [0.25, 0.3) is 0 Å². The van der Waals surface area contributed by atoms with Crippen molar-refractivity contribution in [3.63, 3.8) is 0 Å². The van der Waals surface area contributed by atoms with E-state index in [0.717, 1.165) is 28.8 Å². The molecule has 12 heavy (non-hydrogen) atoms. The zero-order valence-electron chi connectivity index (χ0n) is 6.59. The highest BCUT2D eigenvalue weighted by atomic mass is 79.9. The molecule has 0 fully saturated rings. The lowest BCUT2D eigenvalue weighted by Gasteiger charge is -2.23. The number of benzene rings is 1. The Balaban J connectivity index is 2.52. The number of rotatable bonds is 0. The molecule has 2 rings (SSSR count). The first-order chi connectivity index (χ1) is 5.79. The van der Waals surface area contributed by atoms with Gasteiger partial charge in [0.15, 0.2) is 0 Å². The first kappa shape index (κ1) is 8.08. The smallest absolute Gasteiger partial charge is 0.138 e. The highest BCUT2D eigenvalue weighted by molar-refractivity contribution is 9.10. The number of ether oxygens (including phenoxy) is 1. The second-order valence-electron chi connectivity index (χ2n) is 2.90. The van der Waals surface area contributed by atoms with Gasteiger partial charge in [-0.3, -0.25) is 0 Å². The maximum absolute atomic E-state index is 5.91. The van der Waals surface area contributed by atoms with Crippen LogP contribution in [0, 0.1) is 0 Å². The van der Waals surface area contributed by atoms with Gasteiger partial charge in [0.05, 0.1) is 11.1 Å². The van der Waals surface area contributed by atoms with Crippen LogP contribution in [0.15, 0.2) is 22.7 Å². The molecular formula is C9H10BrNO. The van der Waals surface area contributed by atoms with Gasteiger partial charge in [0.1, 0.15) is 5.75 Å². The summed E-state index contributed by atoms with van der Waals surface area (Å²) in [5.74, 6) is 0.913. The molecule has 0 spiro atoms. The van der Waals surface area contributed by atoms with Gasteiger partial charge in [-0.1, -0.05) is 12.1 Å². The van der Waals surface area contributed by atoms with Crippen molar-refractivity contribution in [2.75, 3.05) is 6.61 Å². The van der Waals surface area contributed by atoms with Crippen LogP contribution in [-0.2, 0) is 0 Å². The molecule has 1 aromatic rings. The topological polar surface area (TPSA) is 35.2 Å². The zero-order chi connectivity index (χ0) is 8.55. The predicted octanol–water partition coefficient (Wildman–Crippen LogP) is 2.23. The van der Waals surface area contributed by atoms with Crippen molar-refractivity contribution < 1.29 is 4.74 Å². The normalized spacial score (nSPS) is 21.3. The van der Waals surface area contributed by atoms with Crippen LogP contribution < -0.4 is 10.5 Å². The summed E-state index contributed by atoms with van der Waals surface area (Å²) in [4.78, 5) is 0. The Morgan fingerprint density at radius 3 is 3.08 bits per heavy atom. The molecule has 0 amide bonds. The monoisotopic (exact) mass is 227 g/mol. The third-order valence-corrected chi connectivity index (χ3v) is 2.70. The summed E-state index contributed by atoms with van der Waals surface area (Å²) < 4.78 is 6.49. The van der Waals surface area contributed by atoms with E-state index in [9.17, 15) is 0 Å². The molecule has 0 saturated carbocycles. The minimum atomic E-state index is 0.131. The van der Waals surface area contributed by atoms with Gasteiger partial charge in [0, 0.05) is 18.0 Å². The third-order valence-electron chi connectivity index (χ3n) is 2.07. The summed E-state index contributed by atoms with van der Waals surface area (Å²) in [7, 11) is 0. The Labute approximate surface area is 79.8 Å². The van der Waals surface area contributed by atoms with Gasteiger partial charge in [-0.15, -0.1) is 0 Å². The van der Waals surface area contributed by atoms with E-state index in [-0.39, 0.29) is 6.04 Å². The second kappa shape index (κ2) is 3.07. The number of hydrogen-bond acceptors (Lipinski definition) is 2. The SMILES string of the molecule is NC1CCOc2c(Br)cccc21. The molecule has 1 heterocycles. The first-order valence-corrected chi connectivity index (χ1v) is 4.75. The second-order valence-corrected chi connectivity index (χ2v) is 3.76. The standard InChI is InChI=1S/C9H10BrNO/c10-7-3-1-2-6-8(11)4-5-12-9(6)7/h1-3,8H,4-5,11H2. The Hall–Kier alpha value is -0.540.